The maximum Gasteiger partial charge on any atom is 0.410 e. The lowest BCUT2D eigenvalue weighted by molar-refractivity contribution is -0.121. The Morgan fingerprint density at radius 1 is 0.870 bits per heavy atom. The summed E-state index contributed by atoms with van der Waals surface area (Å²) < 4.78 is 41.8. The van der Waals surface area contributed by atoms with Crippen molar-refractivity contribution in [3.05, 3.63) is 153 Å². The first-order chi connectivity index (χ1) is 33.3. The van der Waals surface area contributed by atoms with Gasteiger partial charge in [-0.05, 0) is 79.3 Å². The fourth-order valence-electron chi connectivity index (χ4n) is 7.93. The van der Waals surface area contributed by atoms with E-state index in [0.717, 1.165) is 17.2 Å². The predicted molar refractivity (Wildman–Crippen MR) is 250 cm³/mol. The van der Waals surface area contributed by atoms with Crippen molar-refractivity contribution >= 4 is 52.4 Å². The van der Waals surface area contributed by atoms with Crippen molar-refractivity contribution in [3.63, 3.8) is 0 Å². The molecule has 2 aliphatic rings. The number of aryl methyl sites for hydroxylation is 1. The number of pyridine rings is 1. The maximum atomic E-state index is 15.4. The average Bonchev–Trinajstić information content (AvgIpc) is 3.84. The number of nitrogens with zero attached hydrogens (tertiary/aromatic N) is 4. The Balaban J connectivity index is 0.954. The summed E-state index contributed by atoms with van der Waals surface area (Å²) >= 11 is 0. The van der Waals surface area contributed by atoms with E-state index in [4.69, 9.17) is 15.2 Å². The van der Waals surface area contributed by atoms with Crippen LogP contribution in [0.5, 0.6) is 0 Å². The van der Waals surface area contributed by atoms with Crippen LogP contribution in [0.15, 0.2) is 114 Å². The summed E-state index contributed by atoms with van der Waals surface area (Å²) in [4.78, 5) is 79.1. The van der Waals surface area contributed by atoms with Crippen LogP contribution in [0.3, 0.4) is 0 Å². The van der Waals surface area contributed by atoms with Gasteiger partial charge in [0, 0.05) is 62.7 Å². The van der Waals surface area contributed by atoms with Gasteiger partial charge in [0.15, 0.2) is 0 Å². The number of nitrogens with one attached hydrogen (secondary N) is 5. The molecule has 0 aliphatic carbocycles. The quantitative estimate of drug-likeness (QED) is 0.0579. The Hall–Kier alpha value is -8.20. The molecule has 0 radical (unpaired) electrons. The van der Waals surface area contributed by atoms with Crippen LogP contribution in [0.2, 0.25) is 0 Å². The molecule has 1 aromatic heterocycles. The molecule has 5 aromatic rings. The monoisotopic (exact) mass is 950 g/mol. The fraction of sp³-hybridized carbons (Fsp3) is 0.292. The number of carbonyl (C=O) groups is 5. The third-order valence-electron chi connectivity index (χ3n) is 11.6. The number of halogens is 2. The number of benzene rings is 4. The van der Waals surface area contributed by atoms with Crippen LogP contribution in [0.25, 0.3) is 10.9 Å². The highest BCUT2D eigenvalue weighted by Crippen LogP contribution is 2.27. The highest BCUT2D eigenvalue weighted by molar-refractivity contribution is 5.95. The van der Waals surface area contributed by atoms with Crippen LogP contribution in [0.4, 0.5) is 34.5 Å². The number of carboxylic acids is 1. The molecule has 69 heavy (non-hydrogen) atoms. The lowest BCUT2D eigenvalue weighted by Crippen LogP contribution is -2.50. The van der Waals surface area contributed by atoms with Crippen molar-refractivity contribution in [1.82, 2.24) is 36.1 Å². The molecular weight excluding hydrogens is 899 g/mol. The van der Waals surface area contributed by atoms with Gasteiger partial charge in [-0.15, -0.1) is 5.53 Å². The highest BCUT2D eigenvalue weighted by atomic mass is 19.1. The summed E-state index contributed by atoms with van der Waals surface area (Å²) in [6.07, 6.45) is 2.48. The summed E-state index contributed by atoms with van der Waals surface area (Å²) in [6, 6.07) is 22.1. The van der Waals surface area contributed by atoms with Crippen LogP contribution in [-0.2, 0) is 40.4 Å². The van der Waals surface area contributed by atoms with Crippen LogP contribution in [0, 0.1) is 11.6 Å². The minimum atomic E-state index is -1.39. The first kappa shape index (κ1) is 48.7. The zero-order valence-corrected chi connectivity index (χ0v) is 37.6. The van der Waals surface area contributed by atoms with E-state index >= 15 is 4.39 Å². The van der Waals surface area contributed by atoms with Crippen molar-refractivity contribution in [2.24, 2.45) is 5.73 Å². The Bertz CT molecular complexity index is 2750. The molecular formula is C48H52F2N10O9. The number of carbonyl (C=O) groups excluding carboxylic acids is 4. The molecule has 0 spiro atoms. The maximum absolute atomic E-state index is 15.4. The van der Waals surface area contributed by atoms with Gasteiger partial charge in [0.25, 0.3) is 0 Å². The highest BCUT2D eigenvalue weighted by Gasteiger charge is 2.31. The zero-order valence-electron chi connectivity index (χ0n) is 37.6. The van der Waals surface area contributed by atoms with Crippen molar-refractivity contribution in [1.29, 1.82) is 0 Å². The molecule has 1 fully saturated rings. The number of alkyl carbamates (subject to hydrolysis) is 1. The minimum absolute atomic E-state index is 0.0318. The average molecular weight is 951 g/mol. The summed E-state index contributed by atoms with van der Waals surface area (Å²) in [5.41, 5.74) is 13.8. The standard InChI is InChI=1S/C48H52F2N10O9/c1-2-57-26-36(45(63)64)43(61)35-24-37(50)42(25-41(35)57)58-19-21-59(22-20-58)48(67)69-29-32-12-16-34(17-13-32)53-44(62)40(9-6-18-52-46(51)65)60-27-39(55-56-60)38(23-30-10-14-33(49)15-11-30)54-47(66)68-28-31-7-4-3-5-8-31/h3-5,7-8,10-17,24-27,38,40,55-56H,2,6,9,18-23,28-29H2,1H3,(H,53,62)(H,54,66)(H,63,64)(H3,51,52,65)/t38-,40-/m0/s1. The lowest BCUT2D eigenvalue weighted by Gasteiger charge is -2.35. The van der Waals surface area contributed by atoms with Gasteiger partial charge in [-0.2, -0.15) is 0 Å². The van der Waals surface area contributed by atoms with Crippen molar-refractivity contribution in [2.75, 3.05) is 42.9 Å². The molecule has 2 atom stereocenters. The van der Waals surface area contributed by atoms with Crippen molar-refractivity contribution < 1.29 is 47.3 Å². The largest absolute Gasteiger partial charge is 0.477 e. The van der Waals surface area contributed by atoms with Gasteiger partial charge >= 0.3 is 24.2 Å². The van der Waals surface area contributed by atoms with Gasteiger partial charge < -0.3 is 56.1 Å². The van der Waals surface area contributed by atoms with E-state index in [0.29, 0.717) is 35.4 Å². The second-order valence-corrected chi connectivity index (χ2v) is 16.3. The van der Waals surface area contributed by atoms with Gasteiger partial charge in [0.1, 0.15) is 36.5 Å². The number of ether oxygens (including phenoxy) is 2. The molecule has 3 heterocycles. The summed E-state index contributed by atoms with van der Waals surface area (Å²) in [5.74, 6) is -2.90. The number of hydrogen-bond acceptors (Lipinski definition) is 12. The van der Waals surface area contributed by atoms with Crippen molar-refractivity contribution in [3.8, 4) is 0 Å². The van der Waals surface area contributed by atoms with Gasteiger partial charge in [0.2, 0.25) is 11.3 Å². The number of aromatic nitrogens is 1. The summed E-state index contributed by atoms with van der Waals surface area (Å²) in [6.45, 7) is 3.30. The number of piperazine rings is 1. The molecule has 21 heteroatoms. The number of hydrogen-bond donors (Lipinski definition) is 7. The third-order valence-corrected chi connectivity index (χ3v) is 11.6. The minimum Gasteiger partial charge on any atom is -0.477 e. The Labute approximate surface area is 394 Å². The van der Waals surface area contributed by atoms with E-state index in [1.54, 1.807) is 64.0 Å². The number of primary amides is 1. The predicted octanol–water partition coefficient (Wildman–Crippen LogP) is 4.92. The van der Waals surface area contributed by atoms with E-state index in [2.05, 4.69) is 26.9 Å². The fourth-order valence-corrected chi connectivity index (χ4v) is 7.93. The number of aromatic carboxylic acids is 1. The number of nitrogens with two attached hydrogens (primary N) is 1. The SMILES string of the molecule is CCn1cc(C(=O)O)c(=O)c2cc(F)c(N3CCN(C(=O)OCc4ccc(NC(=O)[C@H](CCCNC(N)=O)N5C=C([C@H](Cc6ccc(F)cc6)NC(=O)OCc6ccccc6)NN5)cc4)CC3)cc21. The normalized spacial score (nSPS) is 14.3. The van der Waals surface area contributed by atoms with E-state index in [1.165, 1.54) is 29.3 Å². The van der Waals surface area contributed by atoms with Gasteiger partial charge in [0.05, 0.1) is 22.9 Å². The van der Waals surface area contributed by atoms with Gasteiger partial charge in [-0.25, -0.2) is 28.0 Å². The molecule has 362 valence electrons. The number of anilines is 2. The Morgan fingerprint density at radius 3 is 2.23 bits per heavy atom. The van der Waals surface area contributed by atoms with E-state index in [1.807, 2.05) is 30.3 Å². The molecule has 1 saturated heterocycles. The molecule has 4 aromatic carbocycles. The lowest BCUT2D eigenvalue weighted by atomic mass is 10.0. The number of urea groups is 1. The smallest absolute Gasteiger partial charge is 0.410 e. The van der Waals surface area contributed by atoms with Crippen LogP contribution >= 0.6 is 0 Å². The van der Waals surface area contributed by atoms with Gasteiger partial charge in [-0.3, -0.25) is 14.6 Å². The number of carboxylic acid groups (broad SMARTS) is 1. The van der Waals surface area contributed by atoms with Crippen LogP contribution in [0.1, 0.15) is 46.8 Å². The molecule has 19 nitrogen and oxygen atoms in total. The first-order valence-electron chi connectivity index (χ1n) is 22.2. The van der Waals surface area contributed by atoms with E-state index in [9.17, 15) is 38.3 Å². The zero-order chi connectivity index (χ0) is 49.0. The van der Waals surface area contributed by atoms with E-state index in [-0.39, 0.29) is 69.9 Å². The summed E-state index contributed by atoms with van der Waals surface area (Å²) in [7, 11) is 0. The number of amides is 5. The number of hydrazine groups is 2. The Morgan fingerprint density at radius 2 is 1.55 bits per heavy atom. The molecule has 8 N–H and O–H groups in total. The van der Waals surface area contributed by atoms with Gasteiger partial charge in [-0.1, -0.05) is 54.6 Å². The Kier molecular flexibility index (Phi) is 15.9. The molecule has 7 rings (SSSR count). The second kappa shape index (κ2) is 22.5. The first-order valence-corrected chi connectivity index (χ1v) is 22.2. The van der Waals surface area contributed by atoms with Crippen molar-refractivity contribution in [2.45, 2.75) is 58.0 Å². The molecule has 0 saturated carbocycles. The molecule has 0 bridgehead atoms. The molecule has 5 amide bonds. The number of fused-ring (bicyclic) bond motifs is 1. The van der Waals surface area contributed by atoms with Crippen LogP contribution in [-0.4, -0.2) is 94.5 Å². The third kappa shape index (κ3) is 12.6. The summed E-state index contributed by atoms with van der Waals surface area (Å²) in [5, 5.41) is 19.3. The second-order valence-electron chi connectivity index (χ2n) is 16.3. The topological polar surface area (TPSA) is 242 Å². The number of rotatable bonds is 18. The molecule has 0 unspecified atom stereocenters. The molecule has 2 aliphatic heterocycles. The van der Waals surface area contributed by atoms with E-state index < -0.39 is 64.8 Å². The van der Waals surface area contributed by atoms with Crippen LogP contribution < -0.4 is 43.0 Å².